The summed E-state index contributed by atoms with van der Waals surface area (Å²) in [5, 5.41) is 1.30. The number of hydrogen-bond donors (Lipinski definition) is 0. The van der Waals surface area contributed by atoms with Crippen LogP contribution >= 0.6 is 0 Å². The summed E-state index contributed by atoms with van der Waals surface area (Å²) in [6.07, 6.45) is 0. The van der Waals surface area contributed by atoms with E-state index in [1.165, 1.54) is 16.3 Å². The van der Waals surface area contributed by atoms with Crippen LogP contribution in [0, 0.1) is 13.8 Å². The number of para-hydroxylation sites is 1. The second-order valence-electron chi connectivity index (χ2n) is 10.7. The van der Waals surface area contributed by atoms with Gasteiger partial charge in [-0.05, 0) is 112 Å². The lowest BCUT2D eigenvalue weighted by Crippen LogP contribution is -2.44. The molecule has 0 radical (unpaired) electrons. The lowest BCUT2D eigenvalue weighted by Gasteiger charge is -2.29. The monoisotopic (exact) mass is 542 g/mol. The van der Waals surface area contributed by atoms with Gasteiger partial charge < -0.3 is 14.2 Å². The molecule has 0 fully saturated rings. The van der Waals surface area contributed by atoms with Gasteiger partial charge in [0.2, 0.25) is 8.32 Å². The van der Waals surface area contributed by atoms with Crippen molar-refractivity contribution in [1.29, 1.82) is 0 Å². The van der Waals surface area contributed by atoms with Crippen LogP contribution in [0.5, 0.6) is 0 Å². The van der Waals surface area contributed by atoms with Crippen LogP contribution in [0.15, 0.2) is 127 Å². The number of aryl methyl sites for hydroxylation is 2. The Hall–Kier alpha value is -4.12. The first-order chi connectivity index (χ1) is 19.4. The minimum absolute atomic E-state index is 0.742. The van der Waals surface area contributed by atoms with Crippen molar-refractivity contribution in [3.63, 3.8) is 0 Å². The Morgan fingerprint density at radius 2 is 0.800 bits per heavy atom. The quantitative estimate of drug-likeness (QED) is 0.172. The fourth-order valence-corrected chi connectivity index (χ4v) is 6.92. The van der Waals surface area contributed by atoms with Gasteiger partial charge >= 0.3 is 0 Å². The van der Waals surface area contributed by atoms with Gasteiger partial charge in [0.05, 0.1) is 0 Å². The Kier molecular flexibility index (Phi) is 8.20. The highest BCUT2D eigenvalue weighted by Gasteiger charge is 2.25. The molecule has 0 unspecified atom stereocenters. The van der Waals surface area contributed by atoms with E-state index in [1.54, 1.807) is 0 Å². The minimum atomic E-state index is -1.91. The molecule has 0 saturated carbocycles. The van der Waals surface area contributed by atoms with Crippen LogP contribution in [0.2, 0.25) is 13.1 Å². The van der Waals surface area contributed by atoms with Crippen molar-refractivity contribution in [2.45, 2.75) is 33.9 Å². The molecule has 0 aromatic heterocycles. The fraction of sp³-hybridized carbons (Fsp3) is 0.167. The maximum atomic E-state index is 6.13. The molecule has 202 valence electrons. The summed E-state index contributed by atoms with van der Waals surface area (Å²) in [4.78, 5) is 4.62. The maximum absolute atomic E-state index is 6.13. The molecule has 40 heavy (non-hydrogen) atoms. The van der Waals surface area contributed by atoms with Gasteiger partial charge in [0.25, 0.3) is 0 Å². The van der Waals surface area contributed by atoms with E-state index in [1.807, 2.05) is 0 Å². The highest BCUT2D eigenvalue weighted by molar-refractivity contribution is 6.84. The Labute approximate surface area is 240 Å². The van der Waals surface area contributed by atoms with Gasteiger partial charge in [0.15, 0.2) is 0 Å². The highest BCUT2D eigenvalue weighted by Crippen LogP contribution is 2.38. The van der Waals surface area contributed by atoms with E-state index in [0.717, 1.165) is 40.7 Å². The molecular formula is C36H38N2OSi. The average molecular weight is 543 g/mol. The smallest absolute Gasteiger partial charge is 0.218 e. The fourth-order valence-electron chi connectivity index (χ4n) is 5.07. The summed E-state index contributed by atoms with van der Waals surface area (Å²) in [7, 11) is -1.91. The van der Waals surface area contributed by atoms with Gasteiger partial charge in [-0.25, -0.2) is 0 Å². The van der Waals surface area contributed by atoms with Crippen molar-refractivity contribution in [1.82, 2.24) is 0 Å². The molecule has 0 aliphatic rings. The number of hydrogen-bond acceptors (Lipinski definition) is 3. The summed E-state index contributed by atoms with van der Waals surface area (Å²) in [6, 6.07) is 45.7. The largest absolute Gasteiger partial charge is 0.413 e. The Morgan fingerprint density at radius 1 is 0.475 bits per heavy atom. The molecule has 3 nitrogen and oxygen atoms in total. The highest BCUT2D eigenvalue weighted by atomic mass is 28.4. The average Bonchev–Trinajstić information content (AvgIpc) is 2.97. The van der Waals surface area contributed by atoms with Crippen LogP contribution < -0.4 is 15.0 Å². The van der Waals surface area contributed by atoms with Crippen LogP contribution in [0.25, 0.3) is 0 Å². The zero-order chi connectivity index (χ0) is 28.1. The van der Waals surface area contributed by atoms with E-state index in [0.29, 0.717) is 0 Å². The SMILES string of the molecule is CCO[Si](C)(C)c1ccc(N(c2ccccc2)c2ccc(N(c3ccc(C)cc3)c3ccc(C)cc3)cc2)cc1. The number of benzene rings is 5. The van der Waals surface area contributed by atoms with Crippen LogP contribution in [-0.2, 0) is 4.43 Å². The molecule has 0 aliphatic carbocycles. The first kappa shape index (κ1) is 27.4. The van der Waals surface area contributed by atoms with Crippen molar-refractivity contribution in [3.8, 4) is 0 Å². The van der Waals surface area contributed by atoms with Crippen molar-refractivity contribution in [2.24, 2.45) is 0 Å². The molecule has 0 amide bonds. The third-order valence-electron chi connectivity index (χ3n) is 7.29. The first-order valence-corrected chi connectivity index (χ1v) is 16.9. The topological polar surface area (TPSA) is 15.7 Å². The first-order valence-electron chi connectivity index (χ1n) is 14.0. The summed E-state index contributed by atoms with van der Waals surface area (Å²) in [6.45, 7) is 11.6. The van der Waals surface area contributed by atoms with Gasteiger partial charge in [0, 0.05) is 40.7 Å². The van der Waals surface area contributed by atoms with Crippen molar-refractivity contribution in [2.75, 3.05) is 16.4 Å². The van der Waals surface area contributed by atoms with Gasteiger partial charge in [-0.2, -0.15) is 0 Å². The molecule has 5 aromatic carbocycles. The molecule has 0 aliphatic heterocycles. The van der Waals surface area contributed by atoms with Crippen LogP contribution in [0.4, 0.5) is 34.1 Å². The predicted octanol–water partition coefficient (Wildman–Crippen LogP) is 9.69. The predicted molar refractivity (Wildman–Crippen MR) is 174 cm³/mol. The van der Waals surface area contributed by atoms with E-state index in [9.17, 15) is 0 Å². The van der Waals surface area contributed by atoms with Gasteiger partial charge in [-0.3, -0.25) is 0 Å². The maximum Gasteiger partial charge on any atom is 0.218 e. The van der Waals surface area contributed by atoms with Crippen LogP contribution in [0.1, 0.15) is 18.1 Å². The molecule has 4 heteroatoms. The van der Waals surface area contributed by atoms with E-state index in [4.69, 9.17) is 4.43 Å². The second-order valence-corrected chi connectivity index (χ2v) is 14.6. The molecule has 5 aromatic rings. The summed E-state index contributed by atoms with van der Waals surface area (Å²) >= 11 is 0. The number of rotatable bonds is 9. The summed E-state index contributed by atoms with van der Waals surface area (Å²) in [5.41, 5.74) is 9.24. The molecule has 0 spiro atoms. The molecule has 0 saturated heterocycles. The third-order valence-corrected chi connectivity index (χ3v) is 10.0. The van der Waals surface area contributed by atoms with Gasteiger partial charge in [-0.1, -0.05) is 65.7 Å². The van der Waals surface area contributed by atoms with E-state index >= 15 is 0 Å². The lowest BCUT2D eigenvalue weighted by molar-refractivity contribution is 0.339. The van der Waals surface area contributed by atoms with Gasteiger partial charge in [0.1, 0.15) is 0 Å². The third kappa shape index (κ3) is 6.04. The zero-order valence-electron chi connectivity index (χ0n) is 24.1. The van der Waals surface area contributed by atoms with Crippen molar-refractivity contribution < 1.29 is 4.43 Å². The normalized spacial score (nSPS) is 11.3. The molecule has 0 heterocycles. The summed E-state index contributed by atoms with van der Waals surface area (Å²) < 4.78 is 6.13. The standard InChI is InChI=1S/C36H38N2OSi/c1-6-39-40(4,5)36-26-24-35(25-27-36)37(30-10-8-7-9-11-30)33-20-22-34(23-21-33)38(31-16-12-28(2)13-17-31)32-18-14-29(3)15-19-32/h7-27H,6H2,1-5H3. The Morgan fingerprint density at radius 3 is 1.18 bits per heavy atom. The Bertz CT molecular complexity index is 1470. The minimum Gasteiger partial charge on any atom is -0.413 e. The van der Waals surface area contributed by atoms with E-state index in [-0.39, 0.29) is 0 Å². The van der Waals surface area contributed by atoms with E-state index < -0.39 is 8.32 Å². The van der Waals surface area contributed by atoms with Crippen molar-refractivity contribution >= 4 is 47.6 Å². The van der Waals surface area contributed by atoms with E-state index in [2.05, 4.69) is 171 Å². The molecule has 0 atom stereocenters. The van der Waals surface area contributed by atoms with Crippen molar-refractivity contribution in [3.05, 3.63) is 139 Å². The van der Waals surface area contributed by atoms with Crippen LogP contribution in [-0.4, -0.2) is 14.9 Å². The lowest BCUT2D eigenvalue weighted by atomic mass is 10.1. The molecular weight excluding hydrogens is 504 g/mol. The molecule has 0 N–H and O–H groups in total. The number of nitrogens with zero attached hydrogens (tertiary/aromatic N) is 2. The number of anilines is 6. The summed E-state index contributed by atoms with van der Waals surface area (Å²) in [5.74, 6) is 0. The zero-order valence-corrected chi connectivity index (χ0v) is 25.1. The molecule has 5 rings (SSSR count). The second kappa shape index (κ2) is 11.9. The van der Waals surface area contributed by atoms with Gasteiger partial charge in [-0.15, -0.1) is 0 Å². The Balaban J connectivity index is 1.54. The van der Waals surface area contributed by atoms with Crippen LogP contribution in [0.3, 0.4) is 0 Å². The molecule has 0 bridgehead atoms.